The summed E-state index contributed by atoms with van der Waals surface area (Å²) in [6.07, 6.45) is 3.54. The first-order chi connectivity index (χ1) is 8.02. The molecule has 0 saturated heterocycles. The van der Waals surface area contributed by atoms with Crippen LogP contribution >= 0.6 is 11.8 Å². The van der Waals surface area contributed by atoms with Crippen molar-refractivity contribution in [3.63, 3.8) is 0 Å². The summed E-state index contributed by atoms with van der Waals surface area (Å²) in [6, 6.07) is -0.636. The zero-order chi connectivity index (χ0) is 12.8. The van der Waals surface area contributed by atoms with Crippen molar-refractivity contribution in [1.29, 1.82) is 0 Å². The fourth-order valence-corrected chi connectivity index (χ4v) is 2.14. The first-order valence-electron chi connectivity index (χ1n) is 4.99. The van der Waals surface area contributed by atoms with Gasteiger partial charge in [0.25, 0.3) is 0 Å². The molecule has 0 fully saturated rings. The SMILES string of the molecule is COC(=O)C(CSc1cnn(C)c1)NC(C)=O. The Hall–Kier alpha value is -1.50. The lowest BCUT2D eigenvalue weighted by molar-refractivity contribution is -0.144. The molecular formula is C10H15N3O3S. The van der Waals surface area contributed by atoms with E-state index in [4.69, 9.17) is 0 Å². The van der Waals surface area contributed by atoms with E-state index in [9.17, 15) is 9.59 Å². The van der Waals surface area contributed by atoms with E-state index in [0.717, 1.165) is 4.90 Å². The normalized spacial score (nSPS) is 11.9. The number of methoxy groups -OCH3 is 1. The van der Waals surface area contributed by atoms with Crippen LogP contribution in [0.3, 0.4) is 0 Å². The van der Waals surface area contributed by atoms with Crippen LogP contribution in [0.4, 0.5) is 0 Å². The maximum atomic E-state index is 11.4. The molecule has 0 aliphatic carbocycles. The molecule has 17 heavy (non-hydrogen) atoms. The van der Waals surface area contributed by atoms with Crippen LogP contribution in [-0.2, 0) is 21.4 Å². The number of carbonyl (C=O) groups excluding carboxylic acids is 2. The van der Waals surface area contributed by atoms with Gasteiger partial charge in [-0.3, -0.25) is 9.48 Å². The molecule has 1 aromatic heterocycles. The van der Waals surface area contributed by atoms with Crippen LogP contribution in [-0.4, -0.2) is 40.6 Å². The minimum atomic E-state index is -0.636. The van der Waals surface area contributed by atoms with Gasteiger partial charge in [0.05, 0.1) is 13.3 Å². The molecule has 0 aliphatic heterocycles. The summed E-state index contributed by atoms with van der Waals surface area (Å²) in [7, 11) is 3.11. The third-order valence-corrected chi connectivity index (χ3v) is 3.01. The molecule has 0 saturated carbocycles. The van der Waals surface area contributed by atoms with Crippen molar-refractivity contribution < 1.29 is 14.3 Å². The van der Waals surface area contributed by atoms with Crippen molar-refractivity contribution in [2.75, 3.05) is 12.9 Å². The van der Waals surface area contributed by atoms with Gasteiger partial charge < -0.3 is 10.1 Å². The lowest BCUT2D eigenvalue weighted by atomic mass is 10.3. The number of nitrogens with one attached hydrogen (secondary N) is 1. The quantitative estimate of drug-likeness (QED) is 0.602. The van der Waals surface area contributed by atoms with Gasteiger partial charge in [0, 0.05) is 30.8 Å². The van der Waals surface area contributed by atoms with Gasteiger partial charge in [-0.25, -0.2) is 4.79 Å². The van der Waals surface area contributed by atoms with Crippen molar-refractivity contribution in [2.45, 2.75) is 17.9 Å². The molecule has 1 aromatic rings. The van der Waals surface area contributed by atoms with Crippen LogP contribution in [0.1, 0.15) is 6.92 Å². The monoisotopic (exact) mass is 257 g/mol. The highest BCUT2D eigenvalue weighted by Crippen LogP contribution is 2.17. The van der Waals surface area contributed by atoms with E-state index in [0.29, 0.717) is 5.75 Å². The fraction of sp³-hybridized carbons (Fsp3) is 0.500. The largest absolute Gasteiger partial charge is 0.467 e. The van der Waals surface area contributed by atoms with Crippen LogP contribution in [0.15, 0.2) is 17.3 Å². The molecule has 1 amide bonds. The summed E-state index contributed by atoms with van der Waals surface area (Å²) in [5, 5.41) is 6.56. The Labute approximate surface area is 104 Å². The molecule has 1 rings (SSSR count). The third-order valence-electron chi connectivity index (χ3n) is 1.96. The fourth-order valence-electron chi connectivity index (χ4n) is 1.21. The number of aryl methyl sites for hydroxylation is 1. The number of nitrogens with zero attached hydrogens (tertiary/aromatic N) is 2. The standard InChI is InChI=1S/C10H15N3O3S/c1-7(14)12-9(10(15)16-3)6-17-8-4-11-13(2)5-8/h4-5,9H,6H2,1-3H3,(H,12,14). The molecule has 0 bridgehead atoms. The zero-order valence-corrected chi connectivity index (χ0v) is 10.8. The highest BCUT2D eigenvalue weighted by Gasteiger charge is 2.20. The molecule has 6 nitrogen and oxygen atoms in total. The number of rotatable bonds is 5. The summed E-state index contributed by atoms with van der Waals surface area (Å²) in [6.45, 7) is 1.37. The molecule has 1 atom stereocenters. The number of ether oxygens (including phenoxy) is 1. The van der Waals surface area contributed by atoms with E-state index in [1.807, 2.05) is 13.2 Å². The maximum absolute atomic E-state index is 11.4. The number of esters is 1. The van der Waals surface area contributed by atoms with Crippen molar-refractivity contribution in [3.8, 4) is 0 Å². The maximum Gasteiger partial charge on any atom is 0.329 e. The van der Waals surface area contributed by atoms with Crippen molar-refractivity contribution >= 4 is 23.6 Å². The average Bonchev–Trinajstić information content (AvgIpc) is 2.68. The summed E-state index contributed by atoms with van der Waals surface area (Å²) >= 11 is 1.44. The predicted molar refractivity (Wildman–Crippen MR) is 63.6 cm³/mol. The molecule has 1 unspecified atom stereocenters. The molecule has 94 valence electrons. The first kappa shape index (κ1) is 13.6. The lowest BCUT2D eigenvalue weighted by Crippen LogP contribution is -2.42. The van der Waals surface area contributed by atoms with E-state index < -0.39 is 12.0 Å². The molecule has 0 radical (unpaired) electrons. The highest BCUT2D eigenvalue weighted by atomic mass is 32.2. The van der Waals surface area contributed by atoms with Crippen LogP contribution in [0.5, 0.6) is 0 Å². The Bertz CT molecular complexity index is 405. The van der Waals surface area contributed by atoms with E-state index >= 15 is 0 Å². The molecule has 1 N–H and O–H groups in total. The van der Waals surface area contributed by atoms with Gasteiger partial charge in [-0.15, -0.1) is 11.8 Å². The summed E-state index contributed by atoms with van der Waals surface area (Å²) in [5.41, 5.74) is 0. The predicted octanol–water partition coefficient (Wildman–Crippen LogP) is 0.190. The van der Waals surface area contributed by atoms with Crippen LogP contribution < -0.4 is 5.32 Å². The Morgan fingerprint density at radius 1 is 1.65 bits per heavy atom. The molecule has 7 heteroatoms. The average molecular weight is 257 g/mol. The highest BCUT2D eigenvalue weighted by molar-refractivity contribution is 7.99. The third kappa shape index (κ3) is 4.48. The number of hydrogen-bond donors (Lipinski definition) is 1. The van der Waals surface area contributed by atoms with E-state index in [-0.39, 0.29) is 5.91 Å². The van der Waals surface area contributed by atoms with Gasteiger partial charge in [0.15, 0.2) is 0 Å². The van der Waals surface area contributed by atoms with E-state index in [1.54, 1.807) is 10.9 Å². The van der Waals surface area contributed by atoms with Gasteiger partial charge in [-0.2, -0.15) is 5.10 Å². The van der Waals surface area contributed by atoms with Crippen molar-refractivity contribution in [1.82, 2.24) is 15.1 Å². The van der Waals surface area contributed by atoms with E-state index in [1.165, 1.54) is 25.8 Å². The zero-order valence-electron chi connectivity index (χ0n) is 9.97. The number of carbonyl (C=O) groups is 2. The second-order valence-corrected chi connectivity index (χ2v) is 4.53. The Morgan fingerprint density at radius 3 is 2.82 bits per heavy atom. The number of aromatic nitrogens is 2. The van der Waals surface area contributed by atoms with Crippen LogP contribution in [0.25, 0.3) is 0 Å². The lowest BCUT2D eigenvalue weighted by Gasteiger charge is -2.14. The Kier molecular flexibility index (Phi) is 5.02. The van der Waals surface area contributed by atoms with Crippen molar-refractivity contribution in [2.24, 2.45) is 7.05 Å². The second-order valence-electron chi connectivity index (χ2n) is 3.44. The van der Waals surface area contributed by atoms with Gasteiger partial charge in [-0.05, 0) is 0 Å². The molecule has 1 heterocycles. The van der Waals surface area contributed by atoms with Crippen LogP contribution in [0.2, 0.25) is 0 Å². The number of thioether (sulfide) groups is 1. The minimum absolute atomic E-state index is 0.257. The van der Waals surface area contributed by atoms with Gasteiger partial charge in [0.1, 0.15) is 6.04 Å². The Morgan fingerprint density at radius 2 is 2.35 bits per heavy atom. The smallest absolute Gasteiger partial charge is 0.329 e. The number of amides is 1. The van der Waals surface area contributed by atoms with Gasteiger partial charge in [-0.1, -0.05) is 0 Å². The molecular weight excluding hydrogens is 242 g/mol. The summed E-state index contributed by atoms with van der Waals surface area (Å²) in [5.74, 6) is -0.290. The molecule has 0 aromatic carbocycles. The van der Waals surface area contributed by atoms with Gasteiger partial charge in [0.2, 0.25) is 5.91 Å². The number of hydrogen-bond acceptors (Lipinski definition) is 5. The Balaban J connectivity index is 2.54. The molecule has 0 aliphatic rings. The van der Waals surface area contributed by atoms with Crippen LogP contribution in [0, 0.1) is 0 Å². The van der Waals surface area contributed by atoms with Crippen molar-refractivity contribution in [3.05, 3.63) is 12.4 Å². The summed E-state index contributed by atoms with van der Waals surface area (Å²) in [4.78, 5) is 23.3. The topological polar surface area (TPSA) is 73.2 Å². The van der Waals surface area contributed by atoms with Gasteiger partial charge >= 0.3 is 5.97 Å². The molecule has 0 spiro atoms. The minimum Gasteiger partial charge on any atom is -0.467 e. The second kappa shape index (κ2) is 6.29. The first-order valence-corrected chi connectivity index (χ1v) is 5.98. The summed E-state index contributed by atoms with van der Waals surface area (Å²) < 4.78 is 6.29. The van der Waals surface area contributed by atoms with E-state index in [2.05, 4.69) is 15.2 Å².